The molecule has 2 heterocycles. The van der Waals surface area contributed by atoms with Crippen molar-refractivity contribution in [1.29, 1.82) is 0 Å². The summed E-state index contributed by atoms with van der Waals surface area (Å²) in [6, 6.07) is 18.0. The lowest BCUT2D eigenvalue weighted by molar-refractivity contribution is -0.124. The first kappa shape index (κ1) is 21.9. The van der Waals surface area contributed by atoms with Crippen LogP contribution in [-0.2, 0) is 4.79 Å². The minimum absolute atomic E-state index is 0.0148. The Labute approximate surface area is 203 Å². The number of benzene rings is 2. The number of thiocarbonyl (C=S) groups is 1. The van der Waals surface area contributed by atoms with Crippen molar-refractivity contribution in [3.05, 3.63) is 71.3 Å². The van der Waals surface area contributed by atoms with Gasteiger partial charge in [0.2, 0.25) is 0 Å². The molecule has 0 bridgehead atoms. The number of hydrogen-bond donors (Lipinski definition) is 0. The second kappa shape index (κ2) is 9.53. The molecule has 1 saturated carbocycles. The smallest absolute Gasteiger partial charge is 0.266 e. The van der Waals surface area contributed by atoms with Crippen LogP contribution in [0.1, 0.15) is 37.7 Å². The monoisotopic (exact) mass is 475 g/mol. The molecule has 0 unspecified atom stereocenters. The van der Waals surface area contributed by atoms with Crippen molar-refractivity contribution in [2.75, 3.05) is 7.11 Å². The maximum absolute atomic E-state index is 13.3. The average Bonchev–Trinajstić information content (AvgIpc) is 3.40. The van der Waals surface area contributed by atoms with Gasteiger partial charge in [0.15, 0.2) is 0 Å². The number of para-hydroxylation sites is 1. The van der Waals surface area contributed by atoms with Crippen molar-refractivity contribution < 1.29 is 9.53 Å². The first-order valence-corrected chi connectivity index (χ1v) is 12.4. The molecule has 0 radical (unpaired) electrons. The number of thioether (sulfide) groups is 1. The molecule has 2 fully saturated rings. The van der Waals surface area contributed by atoms with Gasteiger partial charge in [0, 0.05) is 23.4 Å². The minimum Gasteiger partial charge on any atom is -0.497 e. The van der Waals surface area contributed by atoms with E-state index in [4.69, 9.17) is 22.1 Å². The van der Waals surface area contributed by atoms with E-state index >= 15 is 0 Å². The molecule has 1 amide bonds. The number of hydrogen-bond acceptors (Lipinski definition) is 5. The van der Waals surface area contributed by atoms with E-state index in [1.165, 1.54) is 18.2 Å². The van der Waals surface area contributed by atoms with Crippen molar-refractivity contribution in [3.8, 4) is 22.7 Å². The number of aromatic nitrogens is 2. The fourth-order valence-electron chi connectivity index (χ4n) is 4.48. The van der Waals surface area contributed by atoms with Crippen LogP contribution in [0.3, 0.4) is 0 Å². The molecule has 168 valence electrons. The highest BCUT2D eigenvalue weighted by atomic mass is 32.2. The van der Waals surface area contributed by atoms with E-state index in [-0.39, 0.29) is 11.9 Å². The van der Waals surface area contributed by atoms with Crippen LogP contribution in [0.4, 0.5) is 0 Å². The Morgan fingerprint density at radius 3 is 2.64 bits per heavy atom. The summed E-state index contributed by atoms with van der Waals surface area (Å²) in [5.74, 6) is 0.775. The maximum atomic E-state index is 13.3. The van der Waals surface area contributed by atoms with E-state index in [1.807, 2.05) is 76.5 Å². The molecule has 1 aliphatic heterocycles. The molecule has 3 aromatic rings. The third-order valence-corrected chi connectivity index (χ3v) is 7.49. The Hall–Kier alpha value is -2.90. The van der Waals surface area contributed by atoms with E-state index in [9.17, 15) is 4.79 Å². The zero-order valence-corrected chi connectivity index (χ0v) is 20.1. The van der Waals surface area contributed by atoms with Gasteiger partial charge in [0.1, 0.15) is 15.8 Å². The summed E-state index contributed by atoms with van der Waals surface area (Å²) >= 11 is 7.02. The largest absolute Gasteiger partial charge is 0.497 e. The van der Waals surface area contributed by atoms with Gasteiger partial charge in [-0.3, -0.25) is 9.69 Å². The van der Waals surface area contributed by atoms with Crippen LogP contribution >= 0.6 is 24.0 Å². The Morgan fingerprint density at radius 2 is 1.88 bits per heavy atom. The molecule has 0 atom stereocenters. The van der Waals surface area contributed by atoms with Gasteiger partial charge in [-0.2, -0.15) is 5.10 Å². The second-order valence-corrected chi connectivity index (χ2v) is 9.96. The molecule has 7 heteroatoms. The SMILES string of the molecule is COc1cccc(-c2nn(-c3ccccc3)cc2/C=C2\SC(=S)N(C3CCCCC3)C2=O)c1. The Morgan fingerprint density at radius 1 is 1.09 bits per heavy atom. The number of nitrogens with zero attached hydrogens (tertiary/aromatic N) is 3. The lowest BCUT2D eigenvalue weighted by Gasteiger charge is -2.29. The number of methoxy groups -OCH3 is 1. The molecule has 2 aliphatic rings. The number of amides is 1. The van der Waals surface area contributed by atoms with Crippen LogP contribution in [0.15, 0.2) is 65.7 Å². The highest BCUT2D eigenvalue weighted by Crippen LogP contribution is 2.38. The first-order valence-electron chi connectivity index (χ1n) is 11.2. The summed E-state index contributed by atoms with van der Waals surface area (Å²) in [6.07, 6.45) is 9.51. The molecule has 1 aliphatic carbocycles. The summed E-state index contributed by atoms with van der Waals surface area (Å²) in [4.78, 5) is 15.8. The third-order valence-electron chi connectivity index (χ3n) is 6.16. The number of carbonyl (C=O) groups is 1. The second-order valence-electron chi connectivity index (χ2n) is 8.29. The number of carbonyl (C=O) groups excluding carboxylic acids is 1. The Bertz CT molecular complexity index is 1210. The van der Waals surface area contributed by atoms with Gasteiger partial charge in [-0.1, -0.05) is 73.6 Å². The molecule has 2 aromatic carbocycles. The molecule has 0 N–H and O–H groups in total. The number of rotatable bonds is 5. The van der Waals surface area contributed by atoms with Crippen molar-refractivity contribution in [2.45, 2.75) is 38.1 Å². The van der Waals surface area contributed by atoms with Crippen LogP contribution < -0.4 is 4.74 Å². The van der Waals surface area contributed by atoms with Crippen molar-refractivity contribution in [1.82, 2.24) is 14.7 Å². The highest BCUT2D eigenvalue weighted by molar-refractivity contribution is 8.26. The van der Waals surface area contributed by atoms with Gasteiger partial charge in [0.05, 0.1) is 17.7 Å². The van der Waals surface area contributed by atoms with Gasteiger partial charge in [0.25, 0.3) is 5.91 Å². The molecular weight excluding hydrogens is 450 g/mol. The van der Waals surface area contributed by atoms with Crippen molar-refractivity contribution >= 4 is 40.3 Å². The molecule has 0 spiro atoms. The van der Waals surface area contributed by atoms with Gasteiger partial charge < -0.3 is 4.74 Å². The van der Waals surface area contributed by atoms with Crippen LogP contribution in [0.5, 0.6) is 5.75 Å². The topological polar surface area (TPSA) is 47.4 Å². The van der Waals surface area contributed by atoms with Crippen LogP contribution in [-0.4, -0.2) is 38.1 Å². The predicted octanol–water partition coefficient (Wildman–Crippen LogP) is 6.08. The normalized spacial score (nSPS) is 18.3. The van der Waals surface area contributed by atoms with Gasteiger partial charge in [-0.25, -0.2) is 4.68 Å². The van der Waals surface area contributed by atoms with E-state index in [0.717, 1.165) is 53.9 Å². The van der Waals surface area contributed by atoms with E-state index in [1.54, 1.807) is 7.11 Å². The molecule has 1 aromatic heterocycles. The number of ether oxygens (including phenoxy) is 1. The van der Waals surface area contributed by atoms with Crippen LogP contribution in [0, 0.1) is 0 Å². The van der Waals surface area contributed by atoms with Gasteiger partial charge >= 0.3 is 0 Å². The lowest BCUT2D eigenvalue weighted by atomic mass is 9.94. The van der Waals surface area contributed by atoms with Crippen molar-refractivity contribution in [2.24, 2.45) is 0 Å². The summed E-state index contributed by atoms with van der Waals surface area (Å²) in [5.41, 5.74) is 3.55. The molecular formula is C26H25N3O2S2. The van der Waals surface area contributed by atoms with Crippen LogP contribution in [0.2, 0.25) is 0 Å². The van der Waals surface area contributed by atoms with E-state index < -0.39 is 0 Å². The standard InChI is InChI=1S/C26H25N3O2S2/c1-31-22-14-8-9-18(15-22)24-19(17-28(27-24)20-10-4-2-5-11-20)16-23-25(30)29(26(32)33-23)21-12-6-3-7-13-21/h2,4-5,8-11,14-17,21H,3,6-7,12-13H2,1H3/b23-16-. The zero-order chi connectivity index (χ0) is 22.8. The predicted molar refractivity (Wildman–Crippen MR) is 137 cm³/mol. The highest BCUT2D eigenvalue weighted by Gasteiger charge is 2.37. The third kappa shape index (κ3) is 4.48. The molecule has 1 saturated heterocycles. The molecule has 33 heavy (non-hydrogen) atoms. The fourth-order valence-corrected chi connectivity index (χ4v) is 5.87. The zero-order valence-electron chi connectivity index (χ0n) is 18.4. The van der Waals surface area contributed by atoms with Crippen molar-refractivity contribution in [3.63, 3.8) is 0 Å². The fraction of sp³-hybridized carbons (Fsp3) is 0.269. The average molecular weight is 476 g/mol. The van der Waals surface area contributed by atoms with E-state index in [2.05, 4.69) is 0 Å². The van der Waals surface area contributed by atoms with Gasteiger partial charge in [-0.15, -0.1) is 0 Å². The quantitative estimate of drug-likeness (QED) is 0.330. The van der Waals surface area contributed by atoms with Crippen LogP contribution in [0.25, 0.3) is 23.0 Å². The Balaban J connectivity index is 1.55. The van der Waals surface area contributed by atoms with Gasteiger partial charge in [-0.05, 0) is 43.2 Å². The Kier molecular flexibility index (Phi) is 6.33. The molecule has 5 rings (SSSR count). The summed E-state index contributed by atoms with van der Waals surface area (Å²) < 4.78 is 7.93. The maximum Gasteiger partial charge on any atom is 0.266 e. The summed E-state index contributed by atoms with van der Waals surface area (Å²) in [6.45, 7) is 0. The summed E-state index contributed by atoms with van der Waals surface area (Å²) in [5, 5.41) is 4.87. The lowest BCUT2D eigenvalue weighted by Crippen LogP contribution is -2.39. The first-order chi connectivity index (χ1) is 16.1. The summed E-state index contributed by atoms with van der Waals surface area (Å²) in [7, 11) is 1.65. The molecule has 5 nitrogen and oxygen atoms in total. The van der Waals surface area contributed by atoms with E-state index in [0.29, 0.717) is 9.23 Å². The minimum atomic E-state index is 0.0148.